The third kappa shape index (κ3) is 3.70. The van der Waals surface area contributed by atoms with E-state index in [0.29, 0.717) is 12.5 Å². The van der Waals surface area contributed by atoms with Crippen molar-refractivity contribution in [2.75, 3.05) is 32.8 Å². The van der Waals surface area contributed by atoms with E-state index in [-0.39, 0.29) is 5.41 Å². The Morgan fingerprint density at radius 2 is 1.86 bits per heavy atom. The third-order valence-corrected chi connectivity index (χ3v) is 7.14. The predicted octanol–water partition coefficient (Wildman–Crippen LogP) is 3.27. The molecule has 0 amide bonds. The molecule has 1 atom stereocenters. The molecule has 1 aromatic carbocycles. The van der Waals surface area contributed by atoms with Crippen LogP contribution in [0.15, 0.2) is 54.9 Å². The standard InChI is InChI=1S/C24H30N4O/c29-17-21-16-28(14-19-5-2-1-3-6-19)18-24(21)8-11-27(12-9-24)15-20-13-26-23-22(20)7-4-10-25-23/h1-7,10,13,21,29H,8-9,11-12,14-18H2,(H,25,26). The Morgan fingerprint density at radius 1 is 1.03 bits per heavy atom. The van der Waals surface area contributed by atoms with Gasteiger partial charge < -0.3 is 10.1 Å². The van der Waals surface area contributed by atoms with Crippen LogP contribution in [0.5, 0.6) is 0 Å². The van der Waals surface area contributed by atoms with Crippen molar-refractivity contribution in [3.8, 4) is 0 Å². The quantitative estimate of drug-likeness (QED) is 0.702. The molecule has 0 aliphatic carbocycles. The average molecular weight is 391 g/mol. The van der Waals surface area contributed by atoms with E-state index in [1.54, 1.807) is 0 Å². The average Bonchev–Trinajstić information content (AvgIpc) is 3.32. The summed E-state index contributed by atoms with van der Waals surface area (Å²) in [5.74, 6) is 0.394. The maximum absolute atomic E-state index is 10.1. The molecule has 5 nitrogen and oxygen atoms in total. The van der Waals surface area contributed by atoms with Crippen LogP contribution in [0.25, 0.3) is 11.0 Å². The van der Waals surface area contributed by atoms with Gasteiger partial charge in [-0.15, -0.1) is 0 Å². The van der Waals surface area contributed by atoms with Gasteiger partial charge in [-0.1, -0.05) is 30.3 Å². The van der Waals surface area contributed by atoms with E-state index in [1.807, 2.05) is 12.3 Å². The highest BCUT2D eigenvalue weighted by molar-refractivity contribution is 5.79. The summed E-state index contributed by atoms with van der Waals surface area (Å²) in [5.41, 5.74) is 3.94. The van der Waals surface area contributed by atoms with Gasteiger partial charge in [0.15, 0.2) is 0 Å². The second kappa shape index (κ2) is 7.90. The summed E-state index contributed by atoms with van der Waals surface area (Å²) in [5, 5.41) is 11.3. The fourth-order valence-electron chi connectivity index (χ4n) is 5.46. The highest BCUT2D eigenvalue weighted by Crippen LogP contribution is 2.45. The lowest BCUT2D eigenvalue weighted by molar-refractivity contribution is 0.0483. The van der Waals surface area contributed by atoms with Crippen molar-refractivity contribution in [1.82, 2.24) is 19.8 Å². The Morgan fingerprint density at radius 3 is 2.66 bits per heavy atom. The van der Waals surface area contributed by atoms with Gasteiger partial charge in [0.25, 0.3) is 0 Å². The van der Waals surface area contributed by atoms with Crippen LogP contribution >= 0.6 is 0 Å². The van der Waals surface area contributed by atoms with Crippen LogP contribution in [-0.2, 0) is 13.1 Å². The van der Waals surface area contributed by atoms with Gasteiger partial charge in [0, 0.05) is 56.5 Å². The number of nitrogens with zero attached hydrogens (tertiary/aromatic N) is 3. The molecule has 2 N–H and O–H groups in total. The summed E-state index contributed by atoms with van der Waals surface area (Å²) in [6.07, 6.45) is 6.29. The monoisotopic (exact) mass is 390 g/mol. The molecule has 0 saturated carbocycles. The van der Waals surface area contributed by atoms with E-state index in [2.05, 4.69) is 62.4 Å². The van der Waals surface area contributed by atoms with Gasteiger partial charge >= 0.3 is 0 Å². The van der Waals surface area contributed by atoms with Crippen molar-refractivity contribution in [2.24, 2.45) is 11.3 Å². The number of fused-ring (bicyclic) bond motifs is 1. The van der Waals surface area contributed by atoms with Crippen LogP contribution in [0.3, 0.4) is 0 Å². The van der Waals surface area contributed by atoms with Crippen molar-refractivity contribution in [3.63, 3.8) is 0 Å². The number of hydrogen-bond donors (Lipinski definition) is 2. The Balaban J connectivity index is 1.23. The van der Waals surface area contributed by atoms with Crippen molar-refractivity contribution < 1.29 is 5.11 Å². The molecule has 29 heavy (non-hydrogen) atoms. The number of aromatic amines is 1. The van der Waals surface area contributed by atoms with Gasteiger partial charge in [0.1, 0.15) is 5.65 Å². The van der Waals surface area contributed by atoms with Crippen LogP contribution in [0.1, 0.15) is 24.0 Å². The lowest BCUT2D eigenvalue weighted by Gasteiger charge is -2.42. The van der Waals surface area contributed by atoms with Gasteiger partial charge in [0.05, 0.1) is 0 Å². The molecular formula is C24H30N4O. The fourth-order valence-corrected chi connectivity index (χ4v) is 5.46. The van der Waals surface area contributed by atoms with Crippen molar-refractivity contribution >= 4 is 11.0 Å². The number of pyridine rings is 1. The molecule has 1 unspecified atom stereocenters. The first kappa shape index (κ1) is 18.8. The molecule has 2 aromatic heterocycles. The maximum Gasteiger partial charge on any atom is 0.137 e. The van der Waals surface area contributed by atoms with Crippen LogP contribution in [-0.4, -0.2) is 57.7 Å². The minimum Gasteiger partial charge on any atom is -0.396 e. The SMILES string of the molecule is OCC1CN(Cc2ccccc2)CC12CCN(Cc1c[nH]c3ncccc13)CC2. The lowest BCUT2D eigenvalue weighted by atomic mass is 9.71. The van der Waals surface area contributed by atoms with Crippen LogP contribution in [0, 0.1) is 11.3 Å². The Bertz CT molecular complexity index is 946. The number of aliphatic hydroxyl groups is 1. The molecule has 5 rings (SSSR count). The van der Waals surface area contributed by atoms with Crippen LogP contribution < -0.4 is 0 Å². The molecular weight excluding hydrogens is 360 g/mol. The number of aromatic nitrogens is 2. The second-order valence-electron chi connectivity index (χ2n) is 8.89. The number of nitrogens with one attached hydrogen (secondary N) is 1. The van der Waals surface area contributed by atoms with Crippen molar-refractivity contribution in [3.05, 3.63) is 66.0 Å². The molecule has 1 spiro atoms. The smallest absolute Gasteiger partial charge is 0.137 e. The number of H-pyrrole nitrogens is 1. The molecule has 2 aliphatic heterocycles. The first-order valence-corrected chi connectivity index (χ1v) is 10.8. The first-order chi connectivity index (χ1) is 14.3. The number of piperidine rings is 1. The maximum atomic E-state index is 10.1. The zero-order valence-corrected chi connectivity index (χ0v) is 16.9. The highest BCUT2D eigenvalue weighted by atomic mass is 16.3. The number of hydrogen-bond acceptors (Lipinski definition) is 4. The topological polar surface area (TPSA) is 55.4 Å². The van der Waals surface area contributed by atoms with Gasteiger partial charge in [-0.05, 0) is 54.6 Å². The minimum absolute atomic E-state index is 0.266. The van der Waals surface area contributed by atoms with E-state index in [0.717, 1.165) is 44.9 Å². The molecule has 2 aliphatic rings. The van der Waals surface area contributed by atoms with Crippen molar-refractivity contribution in [1.29, 1.82) is 0 Å². The number of aliphatic hydroxyl groups excluding tert-OH is 1. The highest BCUT2D eigenvalue weighted by Gasteiger charge is 2.47. The van der Waals surface area contributed by atoms with Crippen LogP contribution in [0.2, 0.25) is 0 Å². The second-order valence-corrected chi connectivity index (χ2v) is 8.89. The van der Waals surface area contributed by atoms with E-state index in [4.69, 9.17) is 0 Å². The Labute approximate surface area is 172 Å². The summed E-state index contributed by atoms with van der Waals surface area (Å²) in [6, 6.07) is 14.9. The van der Waals surface area contributed by atoms with Gasteiger partial charge in [-0.2, -0.15) is 0 Å². The molecule has 2 fully saturated rings. The molecule has 0 bridgehead atoms. The summed E-state index contributed by atoms with van der Waals surface area (Å²) < 4.78 is 0. The predicted molar refractivity (Wildman–Crippen MR) is 115 cm³/mol. The van der Waals surface area contributed by atoms with Crippen LogP contribution in [0.4, 0.5) is 0 Å². The van der Waals surface area contributed by atoms with Crippen molar-refractivity contribution in [2.45, 2.75) is 25.9 Å². The molecule has 0 radical (unpaired) electrons. The third-order valence-electron chi connectivity index (χ3n) is 7.14. The number of likely N-dealkylation sites (tertiary alicyclic amines) is 2. The van der Waals surface area contributed by atoms with E-state index in [1.165, 1.54) is 29.4 Å². The van der Waals surface area contributed by atoms with Gasteiger partial charge in [-0.3, -0.25) is 9.80 Å². The summed E-state index contributed by atoms with van der Waals surface area (Å²) in [6.45, 7) is 6.59. The van der Waals surface area contributed by atoms with E-state index >= 15 is 0 Å². The molecule has 2 saturated heterocycles. The van der Waals surface area contributed by atoms with Gasteiger partial charge in [0.2, 0.25) is 0 Å². The summed E-state index contributed by atoms with van der Waals surface area (Å²) >= 11 is 0. The molecule has 152 valence electrons. The lowest BCUT2D eigenvalue weighted by Crippen LogP contribution is -2.44. The molecule has 3 aromatic rings. The normalized spacial score (nSPS) is 22.6. The summed E-state index contributed by atoms with van der Waals surface area (Å²) in [4.78, 5) is 12.8. The zero-order chi connectivity index (χ0) is 19.7. The number of benzene rings is 1. The number of rotatable bonds is 5. The molecule has 5 heteroatoms. The Hall–Kier alpha value is -2.21. The first-order valence-electron chi connectivity index (χ1n) is 10.8. The zero-order valence-electron chi connectivity index (χ0n) is 16.9. The summed E-state index contributed by atoms with van der Waals surface area (Å²) in [7, 11) is 0. The van der Waals surface area contributed by atoms with E-state index < -0.39 is 0 Å². The Kier molecular flexibility index (Phi) is 5.12. The largest absolute Gasteiger partial charge is 0.396 e. The van der Waals surface area contributed by atoms with Gasteiger partial charge in [-0.25, -0.2) is 4.98 Å². The minimum atomic E-state index is 0.266. The fraction of sp³-hybridized carbons (Fsp3) is 0.458. The van der Waals surface area contributed by atoms with E-state index in [9.17, 15) is 5.11 Å². The molecule has 4 heterocycles.